The molecule has 1 aliphatic heterocycles. The number of rotatable bonds is 2. The number of carbonyl (C=O) groups excluding carboxylic acids is 1. The van der Waals surface area contributed by atoms with Crippen LogP contribution < -0.4 is 10.2 Å². The smallest absolute Gasteiger partial charge is 0.251 e. The number of hydrogen-bond donors (Lipinski definition) is 1. The van der Waals surface area contributed by atoms with Crippen LogP contribution in [0.2, 0.25) is 10.0 Å². The zero-order chi connectivity index (χ0) is 17.3. The number of para-hydroxylation sites is 2. The quantitative estimate of drug-likeness (QED) is 0.742. The highest BCUT2D eigenvalue weighted by Gasteiger charge is 2.31. The van der Waals surface area contributed by atoms with Gasteiger partial charge in [-0.3, -0.25) is 4.79 Å². The summed E-state index contributed by atoms with van der Waals surface area (Å²) in [6, 6.07) is 13.0. The van der Waals surface area contributed by atoms with Crippen molar-refractivity contribution in [2.45, 2.75) is 19.4 Å². The molecule has 0 bridgehead atoms. The summed E-state index contributed by atoms with van der Waals surface area (Å²) in [5, 5.41) is 4.55. The first kappa shape index (κ1) is 16.9. The van der Waals surface area contributed by atoms with Crippen molar-refractivity contribution in [1.29, 1.82) is 0 Å². The average Bonchev–Trinajstić information content (AvgIpc) is 2.52. The van der Waals surface area contributed by atoms with Crippen LogP contribution in [0.3, 0.4) is 0 Å². The van der Waals surface area contributed by atoms with Gasteiger partial charge in [0.1, 0.15) is 0 Å². The minimum absolute atomic E-state index is 0.0805. The van der Waals surface area contributed by atoms with Crippen molar-refractivity contribution in [3.05, 3.63) is 64.1 Å². The monoisotopic (exact) mass is 360 g/mol. The van der Waals surface area contributed by atoms with Gasteiger partial charge in [0.2, 0.25) is 0 Å². The first-order valence-electron chi connectivity index (χ1n) is 7.68. The zero-order valence-corrected chi connectivity index (χ0v) is 15.0. The molecule has 0 spiro atoms. The van der Waals surface area contributed by atoms with Gasteiger partial charge in [-0.2, -0.15) is 0 Å². The molecule has 0 fully saturated rings. The van der Waals surface area contributed by atoms with E-state index in [1.165, 1.54) is 0 Å². The van der Waals surface area contributed by atoms with E-state index in [0.29, 0.717) is 16.6 Å². The molecule has 1 heterocycles. The predicted molar refractivity (Wildman–Crippen MR) is 102 cm³/mol. The molecule has 0 saturated heterocycles. The lowest BCUT2D eigenvalue weighted by Crippen LogP contribution is -2.50. The van der Waals surface area contributed by atoms with Crippen LogP contribution in [-0.2, 0) is 4.79 Å². The fourth-order valence-electron chi connectivity index (χ4n) is 2.78. The topological polar surface area (TPSA) is 32.3 Å². The SMILES string of the molecule is CC1(C)CN(C(=O)/C=C/c2ccc(Cl)cc2Cl)c2ccccc2N1. The van der Waals surface area contributed by atoms with Gasteiger partial charge in [-0.05, 0) is 49.8 Å². The summed E-state index contributed by atoms with van der Waals surface area (Å²) >= 11 is 12.1. The van der Waals surface area contributed by atoms with Crippen molar-refractivity contribution in [1.82, 2.24) is 0 Å². The first-order valence-corrected chi connectivity index (χ1v) is 8.43. The second-order valence-corrected chi connectivity index (χ2v) is 7.29. The van der Waals surface area contributed by atoms with Crippen LogP contribution in [0.5, 0.6) is 0 Å². The van der Waals surface area contributed by atoms with Gasteiger partial charge < -0.3 is 10.2 Å². The maximum absolute atomic E-state index is 12.7. The van der Waals surface area contributed by atoms with Gasteiger partial charge in [0, 0.05) is 28.2 Å². The van der Waals surface area contributed by atoms with E-state index in [2.05, 4.69) is 19.2 Å². The number of amides is 1. The maximum Gasteiger partial charge on any atom is 0.251 e. The molecule has 1 amide bonds. The Morgan fingerprint density at radius 3 is 2.71 bits per heavy atom. The fraction of sp³-hybridized carbons (Fsp3) is 0.211. The molecule has 1 N–H and O–H groups in total. The molecule has 5 heteroatoms. The number of halogens is 2. The van der Waals surface area contributed by atoms with Crippen molar-refractivity contribution in [3.63, 3.8) is 0 Å². The molecule has 24 heavy (non-hydrogen) atoms. The van der Waals surface area contributed by atoms with Crippen molar-refractivity contribution >= 4 is 46.6 Å². The molecule has 2 aromatic rings. The minimum Gasteiger partial charge on any atom is -0.377 e. The fourth-order valence-corrected chi connectivity index (χ4v) is 3.26. The summed E-state index contributed by atoms with van der Waals surface area (Å²) in [6.07, 6.45) is 3.27. The third kappa shape index (κ3) is 3.58. The second kappa shape index (κ2) is 6.50. The van der Waals surface area contributed by atoms with Gasteiger partial charge in [-0.1, -0.05) is 41.4 Å². The lowest BCUT2D eigenvalue weighted by molar-refractivity contribution is -0.114. The highest BCUT2D eigenvalue weighted by molar-refractivity contribution is 6.35. The van der Waals surface area contributed by atoms with Crippen LogP contribution in [0.1, 0.15) is 19.4 Å². The van der Waals surface area contributed by atoms with Crippen LogP contribution in [-0.4, -0.2) is 18.0 Å². The van der Waals surface area contributed by atoms with E-state index < -0.39 is 0 Å². The molecule has 0 saturated carbocycles. The lowest BCUT2D eigenvalue weighted by Gasteiger charge is -2.40. The summed E-state index contributed by atoms with van der Waals surface area (Å²) in [4.78, 5) is 14.5. The lowest BCUT2D eigenvalue weighted by atomic mass is 9.99. The Morgan fingerprint density at radius 2 is 1.96 bits per heavy atom. The molecule has 124 valence electrons. The second-order valence-electron chi connectivity index (χ2n) is 6.45. The van der Waals surface area contributed by atoms with Crippen molar-refractivity contribution in [2.24, 2.45) is 0 Å². The molecule has 0 radical (unpaired) electrons. The standard InChI is InChI=1S/C19H18Cl2N2O/c1-19(2)12-23(17-6-4-3-5-16(17)22-19)18(24)10-8-13-7-9-14(20)11-15(13)21/h3-11,22H,12H2,1-2H3/b10-8+. The van der Waals surface area contributed by atoms with E-state index in [9.17, 15) is 4.79 Å². The Hall–Kier alpha value is -1.97. The maximum atomic E-state index is 12.7. The van der Waals surface area contributed by atoms with Crippen molar-refractivity contribution in [3.8, 4) is 0 Å². The molecule has 2 aromatic carbocycles. The Balaban J connectivity index is 1.88. The Bertz CT molecular complexity index is 815. The third-order valence-corrected chi connectivity index (χ3v) is 4.42. The molecule has 3 nitrogen and oxygen atoms in total. The Morgan fingerprint density at radius 1 is 1.21 bits per heavy atom. The zero-order valence-electron chi connectivity index (χ0n) is 13.5. The summed E-state index contributed by atoms with van der Waals surface area (Å²) in [6.45, 7) is 4.73. The molecule has 0 unspecified atom stereocenters. The normalized spacial score (nSPS) is 15.9. The van der Waals surface area contributed by atoms with Crippen molar-refractivity contribution < 1.29 is 4.79 Å². The van der Waals surface area contributed by atoms with Gasteiger partial charge >= 0.3 is 0 Å². The number of hydrogen-bond acceptors (Lipinski definition) is 2. The largest absolute Gasteiger partial charge is 0.377 e. The van der Waals surface area contributed by atoms with Crippen LogP contribution in [0, 0.1) is 0 Å². The Kier molecular flexibility index (Phi) is 4.57. The van der Waals surface area contributed by atoms with E-state index in [1.807, 2.05) is 24.3 Å². The van der Waals surface area contributed by atoms with E-state index in [4.69, 9.17) is 23.2 Å². The third-order valence-electron chi connectivity index (χ3n) is 3.86. The van der Waals surface area contributed by atoms with Crippen LogP contribution in [0.15, 0.2) is 48.5 Å². The summed E-state index contributed by atoms with van der Waals surface area (Å²) in [5.74, 6) is -0.0805. The molecule has 0 atom stereocenters. The van der Waals surface area contributed by atoms with Crippen LogP contribution in [0.25, 0.3) is 6.08 Å². The highest BCUT2D eigenvalue weighted by atomic mass is 35.5. The number of nitrogens with one attached hydrogen (secondary N) is 1. The van der Waals surface area contributed by atoms with Gasteiger partial charge in [-0.15, -0.1) is 0 Å². The van der Waals surface area contributed by atoms with E-state index in [0.717, 1.165) is 16.9 Å². The predicted octanol–water partition coefficient (Wildman–Crippen LogP) is 5.24. The number of fused-ring (bicyclic) bond motifs is 1. The summed E-state index contributed by atoms with van der Waals surface area (Å²) in [5.41, 5.74) is 2.40. The Labute approximate surface area is 151 Å². The van der Waals surface area contributed by atoms with Gasteiger partial charge in [0.25, 0.3) is 5.91 Å². The van der Waals surface area contributed by atoms with E-state index in [1.54, 1.807) is 35.3 Å². The molecular weight excluding hydrogens is 343 g/mol. The highest BCUT2D eigenvalue weighted by Crippen LogP contribution is 2.34. The number of benzene rings is 2. The number of carbonyl (C=O) groups is 1. The van der Waals surface area contributed by atoms with Crippen molar-refractivity contribution in [2.75, 3.05) is 16.8 Å². The molecule has 3 rings (SSSR count). The summed E-state index contributed by atoms with van der Waals surface area (Å²) < 4.78 is 0. The number of nitrogens with zero attached hydrogens (tertiary/aromatic N) is 1. The van der Waals surface area contributed by atoms with Crippen LogP contribution in [0.4, 0.5) is 11.4 Å². The van der Waals surface area contributed by atoms with Gasteiger partial charge in [0.15, 0.2) is 0 Å². The van der Waals surface area contributed by atoms with Crippen LogP contribution >= 0.6 is 23.2 Å². The van der Waals surface area contributed by atoms with Gasteiger partial charge in [0.05, 0.1) is 11.4 Å². The molecule has 0 aromatic heterocycles. The first-order chi connectivity index (χ1) is 11.4. The molecular formula is C19H18Cl2N2O. The van der Waals surface area contributed by atoms with Gasteiger partial charge in [-0.25, -0.2) is 0 Å². The van der Waals surface area contributed by atoms with E-state index in [-0.39, 0.29) is 11.4 Å². The van der Waals surface area contributed by atoms with E-state index >= 15 is 0 Å². The summed E-state index contributed by atoms with van der Waals surface area (Å²) in [7, 11) is 0. The average molecular weight is 361 g/mol. The molecule has 0 aliphatic carbocycles. The molecule has 1 aliphatic rings. The number of anilines is 2. The minimum atomic E-state index is -0.199.